The topological polar surface area (TPSA) is 60.2 Å². The minimum Gasteiger partial charge on any atom is -0.492 e. The molecule has 1 amide bonds. The van der Waals surface area contributed by atoms with Crippen LogP contribution in [0.2, 0.25) is 0 Å². The summed E-state index contributed by atoms with van der Waals surface area (Å²) in [4.78, 5) is 19.8. The number of ether oxygens (including phenoxy) is 1. The number of amides is 1. The molecule has 0 aliphatic rings. The van der Waals surface area contributed by atoms with E-state index in [2.05, 4.69) is 5.10 Å². The summed E-state index contributed by atoms with van der Waals surface area (Å²) in [7, 11) is 0. The second kappa shape index (κ2) is 9.09. The summed E-state index contributed by atoms with van der Waals surface area (Å²) < 4.78 is 8.55. The van der Waals surface area contributed by atoms with Crippen LogP contribution in [0, 0.1) is 6.92 Å². The number of benzene rings is 2. The van der Waals surface area contributed by atoms with Gasteiger partial charge in [-0.15, -0.1) is 0 Å². The van der Waals surface area contributed by atoms with Crippen LogP contribution in [0.3, 0.4) is 0 Å². The van der Waals surface area contributed by atoms with Crippen LogP contribution in [-0.4, -0.2) is 33.8 Å². The molecule has 154 valence electrons. The van der Waals surface area contributed by atoms with E-state index < -0.39 is 0 Å². The summed E-state index contributed by atoms with van der Waals surface area (Å²) in [5.74, 6) is 0.763. The molecule has 30 heavy (non-hydrogen) atoms. The molecule has 6 nitrogen and oxygen atoms in total. The lowest BCUT2D eigenvalue weighted by Gasteiger charge is -2.20. The quantitative estimate of drug-likeness (QED) is 0.422. The van der Waals surface area contributed by atoms with Crippen LogP contribution in [0.25, 0.3) is 10.2 Å². The zero-order chi connectivity index (χ0) is 20.9. The molecule has 0 saturated carbocycles. The van der Waals surface area contributed by atoms with Gasteiger partial charge in [0.25, 0.3) is 0 Å². The SMILES string of the molecule is CCOc1cccc2sc(N(CCn3cccn3)C(=O)Cc3ccc(C)cc3)nc12. The fourth-order valence-corrected chi connectivity index (χ4v) is 4.26. The van der Waals surface area contributed by atoms with Crippen molar-refractivity contribution in [3.8, 4) is 5.75 Å². The van der Waals surface area contributed by atoms with Crippen molar-refractivity contribution in [2.45, 2.75) is 26.8 Å². The molecule has 2 aromatic heterocycles. The van der Waals surface area contributed by atoms with E-state index >= 15 is 0 Å². The third kappa shape index (κ3) is 4.52. The Morgan fingerprint density at radius 3 is 2.73 bits per heavy atom. The third-order valence-electron chi connectivity index (χ3n) is 4.79. The lowest BCUT2D eigenvalue weighted by molar-refractivity contribution is -0.118. The third-order valence-corrected chi connectivity index (χ3v) is 5.83. The van der Waals surface area contributed by atoms with E-state index in [0.29, 0.717) is 31.2 Å². The van der Waals surface area contributed by atoms with E-state index in [1.165, 1.54) is 16.9 Å². The Bertz CT molecular complexity index is 1120. The van der Waals surface area contributed by atoms with E-state index in [1.54, 1.807) is 11.1 Å². The minimum absolute atomic E-state index is 0.0167. The van der Waals surface area contributed by atoms with Crippen molar-refractivity contribution in [2.24, 2.45) is 0 Å². The highest BCUT2D eigenvalue weighted by Crippen LogP contribution is 2.34. The number of rotatable bonds is 8. The first kappa shape index (κ1) is 20.1. The Kier molecular flexibility index (Phi) is 6.09. The summed E-state index contributed by atoms with van der Waals surface area (Å²) in [5, 5.41) is 4.94. The van der Waals surface area contributed by atoms with Crippen LogP contribution in [0.4, 0.5) is 5.13 Å². The first-order chi connectivity index (χ1) is 14.6. The summed E-state index contributed by atoms with van der Waals surface area (Å²) in [6, 6.07) is 15.8. The molecule has 4 aromatic rings. The van der Waals surface area contributed by atoms with Gasteiger partial charge in [-0.1, -0.05) is 47.2 Å². The number of hydrogen-bond donors (Lipinski definition) is 0. The van der Waals surface area contributed by atoms with Gasteiger partial charge in [0.15, 0.2) is 5.13 Å². The molecule has 0 fully saturated rings. The van der Waals surface area contributed by atoms with Crippen molar-refractivity contribution in [1.29, 1.82) is 0 Å². The highest BCUT2D eigenvalue weighted by molar-refractivity contribution is 7.22. The van der Waals surface area contributed by atoms with Gasteiger partial charge >= 0.3 is 0 Å². The van der Waals surface area contributed by atoms with Crippen LogP contribution < -0.4 is 9.64 Å². The number of fused-ring (bicyclic) bond motifs is 1. The molecule has 0 aliphatic heterocycles. The molecule has 2 aromatic carbocycles. The summed E-state index contributed by atoms with van der Waals surface area (Å²) in [6.07, 6.45) is 3.96. The molecule has 4 rings (SSSR count). The summed E-state index contributed by atoms with van der Waals surface area (Å²) in [6.45, 7) is 5.66. The predicted molar refractivity (Wildman–Crippen MR) is 120 cm³/mol. The smallest absolute Gasteiger partial charge is 0.233 e. The van der Waals surface area contributed by atoms with E-state index in [4.69, 9.17) is 9.72 Å². The fourth-order valence-electron chi connectivity index (χ4n) is 3.24. The monoisotopic (exact) mass is 420 g/mol. The molecule has 7 heteroatoms. The van der Waals surface area contributed by atoms with Crippen LogP contribution in [0.1, 0.15) is 18.1 Å². The maximum Gasteiger partial charge on any atom is 0.233 e. The number of aromatic nitrogens is 3. The van der Waals surface area contributed by atoms with Gasteiger partial charge in [0.05, 0.1) is 24.3 Å². The molecular formula is C23H24N4O2S. The summed E-state index contributed by atoms with van der Waals surface area (Å²) >= 11 is 1.51. The Hall–Kier alpha value is -3.19. The van der Waals surface area contributed by atoms with Gasteiger partial charge < -0.3 is 4.74 Å². The van der Waals surface area contributed by atoms with Crippen molar-refractivity contribution in [3.63, 3.8) is 0 Å². The van der Waals surface area contributed by atoms with E-state index in [9.17, 15) is 4.79 Å². The summed E-state index contributed by atoms with van der Waals surface area (Å²) in [5.41, 5.74) is 2.97. The number of aryl methyl sites for hydroxylation is 1. The number of carbonyl (C=O) groups excluding carboxylic acids is 1. The Morgan fingerprint density at radius 1 is 1.17 bits per heavy atom. The first-order valence-electron chi connectivity index (χ1n) is 9.99. The molecule has 0 saturated heterocycles. The highest BCUT2D eigenvalue weighted by Gasteiger charge is 2.21. The Morgan fingerprint density at radius 2 is 2.00 bits per heavy atom. The predicted octanol–water partition coefficient (Wildman–Crippen LogP) is 4.48. The number of anilines is 1. The van der Waals surface area contributed by atoms with Crippen molar-refractivity contribution >= 4 is 32.6 Å². The van der Waals surface area contributed by atoms with Gasteiger partial charge in [-0.2, -0.15) is 5.10 Å². The second-order valence-electron chi connectivity index (χ2n) is 7.01. The zero-order valence-corrected chi connectivity index (χ0v) is 17.9. The number of carbonyl (C=O) groups is 1. The van der Waals surface area contributed by atoms with Gasteiger partial charge in [0.2, 0.25) is 5.91 Å². The minimum atomic E-state index is 0.0167. The Balaban J connectivity index is 1.63. The van der Waals surface area contributed by atoms with Crippen LogP contribution in [0.5, 0.6) is 5.75 Å². The lowest BCUT2D eigenvalue weighted by atomic mass is 10.1. The largest absolute Gasteiger partial charge is 0.492 e. The molecule has 0 unspecified atom stereocenters. The van der Waals surface area contributed by atoms with Crippen molar-refractivity contribution in [1.82, 2.24) is 14.8 Å². The highest BCUT2D eigenvalue weighted by atomic mass is 32.1. The molecule has 0 spiro atoms. The van der Waals surface area contributed by atoms with Gasteiger partial charge in [-0.3, -0.25) is 14.4 Å². The molecule has 0 aliphatic carbocycles. The van der Waals surface area contributed by atoms with Crippen LogP contribution in [0.15, 0.2) is 60.9 Å². The van der Waals surface area contributed by atoms with E-state index in [0.717, 1.165) is 21.5 Å². The first-order valence-corrected chi connectivity index (χ1v) is 10.8. The van der Waals surface area contributed by atoms with Crippen LogP contribution in [-0.2, 0) is 17.8 Å². The molecule has 0 bridgehead atoms. The average Bonchev–Trinajstić information content (AvgIpc) is 3.40. The van der Waals surface area contributed by atoms with Crippen LogP contribution >= 0.6 is 11.3 Å². The maximum absolute atomic E-state index is 13.3. The van der Waals surface area contributed by atoms with Crippen molar-refractivity contribution in [3.05, 3.63) is 72.1 Å². The van der Waals surface area contributed by atoms with E-state index in [1.807, 2.05) is 73.3 Å². The fraction of sp³-hybridized carbons (Fsp3) is 0.261. The molecular weight excluding hydrogens is 396 g/mol. The second-order valence-corrected chi connectivity index (χ2v) is 8.02. The number of thiazole rings is 1. The molecule has 0 atom stereocenters. The molecule has 2 heterocycles. The molecule has 0 radical (unpaired) electrons. The van der Waals surface area contributed by atoms with E-state index in [-0.39, 0.29) is 5.91 Å². The number of hydrogen-bond acceptors (Lipinski definition) is 5. The van der Waals surface area contributed by atoms with Gasteiger partial charge in [0.1, 0.15) is 11.3 Å². The normalized spacial score (nSPS) is 11.0. The maximum atomic E-state index is 13.3. The lowest BCUT2D eigenvalue weighted by Crippen LogP contribution is -2.35. The van der Waals surface area contributed by atoms with Crippen molar-refractivity contribution in [2.75, 3.05) is 18.1 Å². The van der Waals surface area contributed by atoms with Gasteiger partial charge in [0, 0.05) is 18.9 Å². The van der Waals surface area contributed by atoms with Gasteiger partial charge in [-0.25, -0.2) is 4.98 Å². The van der Waals surface area contributed by atoms with Crippen molar-refractivity contribution < 1.29 is 9.53 Å². The standard InChI is InChI=1S/C23H24N4O2S/c1-3-29-19-6-4-7-20-22(19)25-23(30-20)27(15-14-26-13-5-12-24-26)21(28)16-18-10-8-17(2)9-11-18/h4-13H,3,14-16H2,1-2H3. The number of nitrogens with zero attached hydrogens (tertiary/aromatic N) is 4. The molecule has 0 N–H and O–H groups in total. The van der Waals surface area contributed by atoms with Gasteiger partial charge in [-0.05, 0) is 37.6 Å². The average molecular weight is 421 g/mol. The number of para-hydroxylation sites is 1. The zero-order valence-electron chi connectivity index (χ0n) is 17.1. The Labute approximate surface area is 179 Å².